The number of imidazole rings is 1. The Hall–Kier alpha value is -4.09. The molecule has 2 N–H and O–H groups in total. The third-order valence-corrected chi connectivity index (χ3v) is 4.53. The molecule has 0 saturated heterocycles. The van der Waals surface area contributed by atoms with E-state index in [4.69, 9.17) is 9.47 Å². The van der Waals surface area contributed by atoms with Crippen molar-refractivity contribution in [2.75, 3.05) is 12.0 Å². The number of anilines is 1. The highest BCUT2D eigenvalue weighted by Crippen LogP contribution is 2.42. The Kier molecular flexibility index (Phi) is 3.88. The lowest BCUT2D eigenvalue weighted by Gasteiger charge is -2.12. The minimum absolute atomic E-state index is 0.0247. The van der Waals surface area contributed by atoms with Crippen molar-refractivity contribution >= 4 is 22.9 Å². The summed E-state index contributed by atoms with van der Waals surface area (Å²) in [5.74, 6) is -0.186. The van der Waals surface area contributed by atoms with Gasteiger partial charge in [0.15, 0.2) is 11.5 Å². The Balaban J connectivity index is 1.40. The van der Waals surface area contributed by atoms with E-state index in [2.05, 4.69) is 30.8 Å². The minimum Gasteiger partial charge on any atom is -0.421 e. The number of benzene rings is 2. The highest BCUT2D eigenvalue weighted by molar-refractivity contribution is 6.04. The molecule has 1 aliphatic rings. The monoisotopic (exact) mass is 413 g/mol. The highest BCUT2D eigenvalue weighted by Gasteiger charge is 2.43. The molecule has 1 unspecified atom stereocenters. The predicted molar refractivity (Wildman–Crippen MR) is 99.0 cm³/mol. The average molecular weight is 413 g/mol. The number of H-pyrrole nitrogens is 1. The lowest BCUT2D eigenvalue weighted by atomic mass is 10.1. The summed E-state index contributed by atoms with van der Waals surface area (Å²) in [5.41, 5.74) is 2.74. The second kappa shape index (κ2) is 6.47. The summed E-state index contributed by atoms with van der Waals surface area (Å²) in [7, 11) is 0. The van der Waals surface area contributed by atoms with Crippen molar-refractivity contribution < 1.29 is 23.0 Å². The van der Waals surface area contributed by atoms with E-state index in [9.17, 15) is 13.6 Å². The summed E-state index contributed by atoms with van der Waals surface area (Å²) in [6, 6.07) is 5.08. The first kappa shape index (κ1) is 18.0. The molecule has 0 bridgehead atoms. The lowest BCUT2D eigenvalue weighted by Crippen LogP contribution is -2.35. The maximum atomic E-state index is 13.9. The molecule has 152 valence electrons. The van der Waals surface area contributed by atoms with E-state index in [1.54, 1.807) is 18.2 Å². The number of amides is 1. The molecule has 5 rings (SSSR count). The maximum absolute atomic E-state index is 13.9. The van der Waals surface area contributed by atoms with Gasteiger partial charge in [-0.25, -0.2) is 14.1 Å². The van der Waals surface area contributed by atoms with Crippen LogP contribution in [0, 0.1) is 6.92 Å². The first-order valence-electron chi connectivity index (χ1n) is 8.76. The van der Waals surface area contributed by atoms with E-state index < -0.39 is 18.6 Å². The van der Waals surface area contributed by atoms with Gasteiger partial charge in [0, 0.05) is 17.7 Å². The molecule has 1 amide bonds. The smallest absolute Gasteiger partial charge is 0.421 e. The molecule has 3 heterocycles. The number of hydrogen-bond acceptors (Lipinski definition) is 7. The van der Waals surface area contributed by atoms with Gasteiger partial charge in [0.25, 0.3) is 5.91 Å². The molecule has 30 heavy (non-hydrogen) atoms. The summed E-state index contributed by atoms with van der Waals surface area (Å²) in [6.07, 6.45) is 1.43. The van der Waals surface area contributed by atoms with Crippen LogP contribution in [0.1, 0.15) is 15.9 Å². The molecule has 12 heteroatoms. The Morgan fingerprint density at radius 3 is 2.80 bits per heavy atom. The Morgan fingerprint density at radius 1 is 1.27 bits per heavy atom. The van der Waals surface area contributed by atoms with Crippen molar-refractivity contribution in [3.05, 3.63) is 47.8 Å². The van der Waals surface area contributed by atoms with Gasteiger partial charge in [0.2, 0.25) is 12.6 Å². The zero-order chi connectivity index (χ0) is 20.9. The molecule has 0 saturated carbocycles. The molecule has 0 spiro atoms. The van der Waals surface area contributed by atoms with E-state index >= 15 is 0 Å². The second-order valence-corrected chi connectivity index (χ2v) is 6.61. The van der Waals surface area contributed by atoms with Gasteiger partial charge in [0.05, 0.1) is 16.7 Å². The number of fused-ring (bicyclic) bond motifs is 2. The number of aryl methyl sites for hydroxylation is 1. The minimum atomic E-state index is -2.83. The van der Waals surface area contributed by atoms with Crippen molar-refractivity contribution in [2.45, 2.75) is 13.0 Å². The number of carbonyl (C=O) groups is 1. The molecular formula is C18H13F2N7O3. The number of halogens is 2. The third-order valence-electron chi connectivity index (χ3n) is 4.53. The van der Waals surface area contributed by atoms with Crippen molar-refractivity contribution in [3.63, 3.8) is 0 Å². The van der Waals surface area contributed by atoms with Crippen LogP contribution < -0.4 is 14.8 Å². The fraction of sp³-hybridized carbons (Fsp3) is 0.167. The van der Waals surface area contributed by atoms with E-state index in [-0.39, 0.29) is 17.4 Å². The molecule has 1 aliphatic heterocycles. The van der Waals surface area contributed by atoms with Crippen LogP contribution in [0.2, 0.25) is 0 Å². The van der Waals surface area contributed by atoms with Crippen LogP contribution in [0.4, 0.5) is 14.7 Å². The van der Waals surface area contributed by atoms with Gasteiger partial charge in [-0.05, 0) is 35.0 Å². The molecule has 2 aromatic heterocycles. The topological polar surface area (TPSA) is 120 Å². The molecule has 0 fully saturated rings. The van der Waals surface area contributed by atoms with Gasteiger partial charge in [-0.3, -0.25) is 10.1 Å². The molecule has 2 aromatic carbocycles. The first-order valence-corrected chi connectivity index (χ1v) is 8.76. The standard InChI is InChI=1S/C18H13F2N7O3/c1-9-2-3-10(4-13(9)27-8-21-25-26-27)16(28)24-17-22-11-5-14-15(6-12(11)23-17)30-18(20,7-19)29-14/h2-6,8H,7H2,1H3,(H2,22,23,24,28). The number of ether oxygens (including phenoxy) is 2. The largest absolute Gasteiger partial charge is 0.437 e. The molecular weight excluding hydrogens is 400 g/mol. The zero-order valence-corrected chi connectivity index (χ0v) is 15.4. The fourth-order valence-electron chi connectivity index (χ4n) is 3.09. The van der Waals surface area contributed by atoms with Gasteiger partial charge in [-0.15, -0.1) is 5.10 Å². The van der Waals surface area contributed by atoms with E-state index in [1.807, 2.05) is 6.92 Å². The second-order valence-electron chi connectivity index (χ2n) is 6.61. The number of aromatic amines is 1. The van der Waals surface area contributed by atoms with Gasteiger partial charge in [-0.1, -0.05) is 6.07 Å². The van der Waals surface area contributed by atoms with Crippen LogP contribution in [0.15, 0.2) is 36.7 Å². The summed E-state index contributed by atoms with van der Waals surface area (Å²) >= 11 is 0. The number of aromatic nitrogens is 6. The van der Waals surface area contributed by atoms with Crippen LogP contribution in [0.5, 0.6) is 11.5 Å². The molecule has 10 nitrogen and oxygen atoms in total. The first-order chi connectivity index (χ1) is 14.4. The molecule has 4 aromatic rings. The summed E-state index contributed by atoms with van der Waals surface area (Å²) in [5, 5.41) is 13.7. The van der Waals surface area contributed by atoms with Crippen LogP contribution in [0.3, 0.4) is 0 Å². The number of tetrazole rings is 1. The van der Waals surface area contributed by atoms with Crippen molar-refractivity contribution in [2.24, 2.45) is 0 Å². The zero-order valence-electron chi connectivity index (χ0n) is 15.4. The van der Waals surface area contributed by atoms with Gasteiger partial charge >= 0.3 is 6.04 Å². The highest BCUT2D eigenvalue weighted by atomic mass is 19.2. The van der Waals surface area contributed by atoms with E-state index in [0.717, 1.165) is 5.56 Å². The Labute approximate surface area is 166 Å². The van der Waals surface area contributed by atoms with Crippen LogP contribution >= 0.6 is 0 Å². The van der Waals surface area contributed by atoms with Crippen molar-refractivity contribution in [1.29, 1.82) is 0 Å². The molecule has 0 aliphatic carbocycles. The van der Waals surface area contributed by atoms with Crippen LogP contribution in [-0.4, -0.2) is 48.8 Å². The maximum Gasteiger partial charge on any atom is 0.437 e. The normalized spacial score (nSPS) is 14.2. The van der Waals surface area contributed by atoms with Gasteiger partial charge in [-0.2, -0.15) is 4.39 Å². The van der Waals surface area contributed by atoms with Gasteiger partial charge < -0.3 is 14.5 Å². The Morgan fingerprint density at radius 2 is 2.07 bits per heavy atom. The number of hydrogen-bond donors (Lipinski definition) is 2. The molecule has 1 atom stereocenters. The summed E-state index contributed by atoms with van der Waals surface area (Å²) in [6.45, 7) is 0.420. The van der Waals surface area contributed by atoms with E-state index in [1.165, 1.54) is 23.1 Å². The van der Waals surface area contributed by atoms with Crippen molar-refractivity contribution in [3.8, 4) is 17.2 Å². The van der Waals surface area contributed by atoms with E-state index in [0.29, 0.717) is 22.3 Å². The van der Waals surface area contributed by atoms with Crippen LogP contribution in [-0.2, 0) is 0 Å². The fourth-order valence-corrected chi connectivity index (χ4v) is 3.09. The molecule has 0 radical (unpaired) electrons. The third kappa shape index (κ3) is 2.98. The van der Waals surface area contributed by atoms with Crippen molar-refractivity contribution in [1.82, 2.24) is 30.2 Å². The summed E-state index contributed by atoms with van der Waals surface area (Å²) in [4.78, 5) is 19.8. The number of alkyl halides is 2. The lowest BCUT2D eigenvalue weighted by molar-refractivity contribution is -0.199. The quantitative estimate of drug-likeness (QED) is 0.527. The average Bonchev–Trinajstić information content (AvgIpc) is 3.44. The Bertz CT molecular complexity index is 1230. The summed E-state index contributed by atoms with van der Waals surface area (Å²) < 4.78 is 37.8. The number of nitrogens with one attached hydrogen (secondary N) is 2. The van der Waals surface area contributed by atoms with Crippen LogP contribution in [0.25, 0.3) is 16.7 Å². The number of nitrogens with zero attached hydrogens (tertiary/aromatic N) is 5. The number of rotatable bonds is 4. The van der Waals surface area contributed by atoms with Gasteiger partial charge in [0.1, 0.15) is 6.33 Å². The predicted octanol–water partition coefficient (Wildman–Crippen LogP) is 2.46. The number of carbonyl (C=O) groups excluding carboxylic acids is 1. The SMILES string of the molecule is Cc1ccc(C(=O)Nc2nc3cc4c(cc3[nH]2)OC(F)(CF)O4)cc1-n1cnnn1.